The predicted molar refractivity (Wildman–Crippen MR) is 92.6 cm³/mol. The summed E-state index contributed by atoms with van der Waals surface area (Å²) in [4.78, 5) is 7.35. The molecule has 2 unspecified atom stereocenters. The van der Waals surface area contributed by atoms with Crippen LogP contribution in [0.25, 0.3) is 0 Å². The first-order chi connectivity index (χ1) is 10.3. The Balaban J connectivity index is 2.20. The zero-order valence-electron chi connectivity index (χ0n) is 13.2. The topological polar surface area (TPSA) is 15.6 Å². The summed E-state index contributed by atoms with van der Waals surface area (Å²) in [7, 11) is 0. The molecule has 2 heterocycles. The zero-order valence-corrected chi connectivity index (χ0v) is 13.2. The third kappa shape index (κ3) is 3.84. The molecule has 0 saturated heterocycles. The van der Waals surface area contributed by atoms with Gasteiger partial charge in [0.15, 0.2) is 0 Å². The van der Waals surface area contributed by atoms with E-state index in [1.165, 1.54) is 5.57 Å². The first kappa shape index (κ1) is 15.6. The molecule has 0 amide bonds. The average molecular weight is 282 g/mol. The van der Waals surface area contributed by atoms with E-state index >= 15 is 0 Å². The van der Waals surface area contributed by atoms with Crippen LogP contribution in [0.3, 0.4) is 0 Å². The average Bonchev–Trinajstić information content (AvgIpc) is 2.95. The summed E-state index contributed by atoms with van der Waals surface area (Å²) in [5.41, 5.74) is 1.26. The van der Waals surface area contributed by atoms with Gasteiger partial charge in [0.1, 0.15) is 5.84 Å². The minimum atomic E-state index is 0.418. The van der Waals surface area contributed by atoms with E-state index in [1.807, 2.05) is 12.2 Å². The second-order valence-electron chi connectivity index (χ2n) is 5.45. The first-order valence-corrected chi connectivity index (χ1v) is 7.97. The molecule has 2 heteroatoms. The number of allylic oxidation sites excluding steroid dienone is 5. The Hall–Kier alpha value is -1.83. The second kappa shape index (κ2) is 7.82. The molecule has 2 atom stereocenters. The minimum Gasteiger partial charge on any atom is -0.348 e. The number of amidine groups is 1. The summed E-state index contributed by atoms with van der Waals surface area (Å²) < 4.78 is 0. The molecule has 0 aromatic rings. The molecule has 0 fully saturated rings. The molecule has 0 aromatic carbocycles. The van der Waals surface area contributed by atoms with Gasteiger partial charge in [-0.05, 0) is 19.3 Å². The first-order valence-electron chi connectivity index (χ1n) is 7.97. The van der Waals surface area contributed by atoms with Crippen LogP contribution in [0.2, 0.25) is 0 Å². The monoisotopic (exact) mass is 282 g/mol. The molecule has 0 saturated carbocycles. The lowest BCUT2D eigenvalue weighted by Crippen LogP contribution is -2.40. The van der Waals surface area contributed by atoms with Crippen molar-refractivity contribution in [3.63, 3.8) is 0 Å². The van der Waals surface area contributed by atoms with E-state index in [0.29, 0.717) is 12.1 Å². The van der Waals surface area contributed by atoms with Crippen LogP contribution in [0.1, 0.15) is 33.1 Å². The smallest absolute Gasteiger partial charge is 0.131 e. The van der Waals surface area contributed by atoms with Crippen molar-refractivity contribution >= 4 is 5.84 Å². The minimum absolute atomic E-state index is 0.418. The highest BCUT2D eigenvalue weighted by Crippen LogP contribution is 2.27. The van der Waals surface area contributed by atoms with Crippen LogP contribution in [0, 0.1) is 0 Å². The molecule has 2 aliphatic rings. The highest BCUT2D eigenvalue weighted by atomic mass is 15.3. The highest BCUT2D eigenvalue weighted by Gasteiger charge is 2.32. The molecule has 0 bridgehead atoms. The maximum Gasteiger partial charge on any atom is 0.131 e. The predicted octanol–water partition coefficient (Wildman–Crippen LogP) is 4.44. The van der Waals surface area contributed by atoms with Crippen LogP contribution < -0.4 is 0 Å². The van der Waals surface area contributed by atoms with Crippen LogP contribution in [-0.2, 0) is 0 Å². The summed E-state index contributed by atoms with van der Waals surface area (Å²) in [6.45, 7) is 9.16. The van der Waals surface area contributed by atoms with Crippen LogP contribution in [0.5, 0.6) is 0 Å². The molecule has 112 valence electrons. The standard InChI is InChI=1S/C19H26N2/c1-4-7-9-10-11-16-13-14-18(12-8-5-2)21-15-17(6-3)20-19(16)21/h5,7-13,17-18H,2,4,6,14-15H2,1,3H3/b9-7-,11-10+,12-8-. The number of aliphatic imine (C=N–C) groups is 1. The van der Waals surface area contributed by atoms with Crippen molar-refractivity contribution in [3.8, 4) is 0 Å². The molecule has 0 spiro atoms. The molecule has 0 aromatic heterocycles. The van der Waals surface area contributed by atoms with E-state index in [0.717, 1.165) is 31.6 Å². The van der Waals surface area contributed by atoms with Gasteiger partial charge in [0, 0.05) is 12.1 Å². The van der Waals surface area contributed by atoms with Gasteiger partial charge < -0.3 is 4.90 Å². The van der Waals surface area contributed by atoms with Crippen molar-refractivity contribution in [2.75, 3.05) is 6.54 Å². The zero-order chi connectivity index (χ0) is 15.1. The maximum atomic E-state index is 4.91. The van der Waals surface area contributed by atoms with Gasteiger partial charge >= 0.3 is 0 Å². The largest absolute Gasteiger partial charge is 0.348 e. The van der Waals surface area contributed by atoms with Gasteiger partial charge in [0.05, 0.1) is 12.1 Å². The van der Waals surface area contributed by atoms with Gasteiger partial charge in [0.25, 0.3) is 0 Å². The fourth-order valence-corrected chi connectivity index (χ4v) is 2.73. The van der Waals surface area contributed by atoms with Crippen molar-refractivity contribution in [1.82, 2.24) is 4.90 Å². The van der Waals surface area contributed by atoms with E-state index in [4.69, 9.17) is 4.99 Å². The van der Waals surface area contributed by atoms with Crippen molar-refractivity contribution in [3.05, 3.63) is 60.8 Å². The lowest BCUT2D eigenvalue weighted by molar-refractivity contribution is 0.358. The Bertz CT molecular complexity index is 506. The number of fused-ring (bicyclic) bond motifs is 1. The fourth-order valence-electron chi connectivity index (χ4n) is 2.73. The number of hydrogen-bond acceptors (Lipinski definition) is 2. The number of hydrogen-bond donors (Lipinski definition) is 0. The van der Waals surface area contributed by atoms with Gasteiger partial charge in [-0.2, -0.15) is 0 Å². The fraction of sp³-hybridized carbons (Fsp3) is 0.421. The van der Waals surface area contributed by atoms with E-state index < -0.39 is 0 Å². The molecule has 0 aliphatic carbocycles. The van der Waals surface area contributed by atoms with Crippen molar-refractivity contribution in [2.45, 2.75) is 45.2 Å². The van der Waals surface area contributed by atoms with E-state index in [-0.39, 0.29) is 0 Å². The normalized spacial score (nSPS) is 25.7. The SMILES string of the molecule is C=C/C=C\C1CC=C(/C=C/C=C\CC)C2=NC(CC)CN21. The number of nitrogens with zero attached hydrogens (tertiary/aromatic N) is 2. The molecule has 2 nitrogen and oxygen atoms in total. The Morgan fingerprint density at radius 2 is 2.19 bits per heavy atom. The van der Waals surface area contributed by atoms with Gasteiger partial charge in [-0.15, -0.1) is 0 Å². The van der Waals surface area contributed by atoms with Crippen molar-refractivity contribution in [1.29, 1.82) is 0 Å². The Kier molecular flexibility index (Phi) is 5.79. The molecule has 21 heavy (non-hydrogen) atoms. The number of rotatable bonds is 6. The lowest BCUT2D eigenvalue weighted by Gasteiger charge is -2.32. The third-order valence-electron chi connectivity index (χ3n) is 3.92. The van der Waals surface area contributed by atoms with Crippen LogP contribution in [-0.4, -0.2) is 29.4 Å². The molecular weight excluding hydrogens is 256 g/mol. The van der Waals surface area contributed by atoms with E-state index in [9.17, 15) is 0 Å². The summed E-state index contributed by atoms with van der Waals surface area (Å²) in [5, 5.41) is 0. The molecule has 2 aliphatic heterocycles. The summed E-state index contributed by atoms with van der Waals surface area (Å²) in [5.74, 6) is 1.16. The van der Waals surface area contributed by atoms with Crippen LogP contribution in [0.15, 0.2) is 65.8 Å². The quantitative estimate of drug-likeness (QED) is 0.657. The molecular formula is C19H26N2. The van der Waals surface area contributed by atoms with Crippen LogP contribution >= 0.6 is 0 Å². The van der Waals surface area contributed by atoms with Gasteiger partial charge in [-0.1, -0.05) is 69.0 Å². The van der Waals surface area contributed by atoms with Gasteiger partial charge in [-0.25, -0.2) is 0 Å². The maximum absolute atomic E-state index is 4.91. The Morgan fingerprint density at radius 1 is 1.33 bits per heavy atom. The Labute approximate surface area is 129 Å². The highest BCUT2D eigenvalue weighted by molar-refractivity contribution is 6.03. The molecule has 0 radical (unpaired) electrons. The summed E-state index contributed by atoms with van der Waals surface area (Å²) in [6, 6.07) is 0.849. The van der Waals surface area contributed by atoms with E-state index in [1.54, 1.807) is 0 Å². The summed E-state index contributed by atoms with van der Waals surface area (Å²) >= 11 is 0. The van der Waals surface area contributed by atoms with Crippen LogP contribution in [0.4, 0.5) is 0 Å². The van der Waals surface area contributed by atoms with E-state index in [2.05, 4.69) is 61.8 Å². The lowest BCUT2D eigenvalue weighted by atomic mass is 10.0. The van der Waals surface area contributed by atoms with Gasteiger partial charge in [0.2, 0.25) is 0 Å². The Morgan fingerprint density at radius 3 is 2.90 bits per heavy atom. The summed E-state index contributed by atoms with van der Waals surface area (Å²) in [6.07, 6.45) is 20.2. The second-order valence-corrected chi connectivity index (χ2v) is 5.45. The van der Waals surface area contributed by atoms with Gasteiger partial charge in [-0.3, -0.25) is 4.99 Å². The molecule has 2 rings (SSSR count). The third-order valence-corrected chi connectivity index (χ3v) is 3.92. The van der Waals surface area contributed by atoms with Crippen molar-refractivity contribution < 1.29 is 0 Å². The molecule has 0 N–H and O–H groups in total. The van der Waals surface area contributed by atoms with Crippen molar-refractivity contribution in [2.24, 2.45) is 4.99 Å².